The first kappa shape index (κ1) is 24.2. The number of aromatic nitrogens is 2. The molecule has 0 saturated heterocycles. The predicted molar refractivity (Wildman–Crippen MR) is 128 cm³/mol. The van der Waals surface area contributed by atoms with Gasteiger partial charge in [-0.3, -0.25) is 14.8 Å². The highest BCUT2D eigenvalue weighted by Gasteiger charge is 2.30. The Labute approximate surface area is 206 Å². The van der Waals surface area contributed by atoms with E-state index in [4.69, 9.17) is 21.6 Å². The fourth-order valence-corrected chi connectivity index (χ4v) is 4.22. The Balaban J connectivity index is 1.35. The zero-order valence-corrected chi connectivity index (χ0v) is 20.0. The van der Waals surface area contributed by atoms with Gasteiger partial charge in [-0.2, -0.15) is 10.4 Å². The molecule has 8 nitrogen and oxygen atoms in total. The molecule has 0 spiro atoms. The molecule has 1 atom stereocenters. The Hall–Kier alpha value is -3.90. The number of aryl methyl sites for hydroxylation is 1. The van der Waals surface area contributed by atoms with E-state index in [1.54, 1.807) is 35.0 Å². The molecule has 1 aliphatic heterocycles. The Morgan fingerprint density at radius 3 is 2.91 bits per heavy atom. The monoisotopic (exact) mass is 495 g/mol. The van der Waals surface area contributed by atoms with Crippen LogP contribution in [0.5, 0.6) is 0 Å². The van der Waals surface area contributed by atoms with Crippen molar-refractivity contribution in [3.05, 3.63) is 81.4 Å². The minimum Gasteiger partial charge on any atom is -0.441 e. The first-order valence-electron chi connectivity index (χ1n) is 11.0. The summed E-state index contributed by atoms with van der Waals surface area (Å²) in [6.45, 7) is 2.72. The number of cyclic esters (lactones) is 1. The van der Waals surface area contributed by atoms with Crippen molar-refractivity contribution in [1.29, 1.82) is 5.26 Å². The number of hydrogen-bond acceptors (Lipinski definition) is 5. The van der Waals surface area contributed by atoms with Gasteiger partial charge in [0.05, 0.1) is 46.2 Å². The van der Waals surface area contributed by atoms with Gasteiger partial charge in [-0.05, 0) is 49.1 Å². The van der Waals surface area contributed by atoms with Gasteiger partial charge in [0.1, 0.15) is 6.10 Å². The smallest absolute Gasteiger partial charge is 0.412 e. The van der Waals surface area contributed by atoms with Crippen LogP contribution in [0.1, 0.15) is 51.6 Å². The van der Waals surface area contributed by atoms with Gasteiger partial charge in [0.25, 0.3) is 5.91 Å². The zero-order valence-electron chi connectivity index (χ0n) is 19.2. The second-order valence-corrected chi connectivity index (χ2v) is 8.81. The molecule has 2 heterocycles. The van der Waals surface area contributed by atoms with E-state index >= 15 is 0 Å². The van der Waals surface area contributed by atoms with E-state index in [-0.39, 0.29) is 16.5 Å². The lowest BCUT2D eigenvalue weighted by molar-refractivity contribution is 0.0759. The van der Waals surface area contributed by atoms with Crippen molar-refractivity contribution in [3.63, 3.8) is 0 Å². The van der Waals surface area contributed by atoms with Crippen molar-refractivity contribution >= 4 is 29.3 Å². The molecule has 0 saturated carbocycles. The van der Waals surface area contributed by atoms with E-state index in [9.17, 15) is 14.0 Å². The van der Waals surface area contributed by atoms with Crippen LogP contribution < -0.4 is 5.32 Å². The number of rotatable bonds is 7. The molecule has 1 N–H and O–H groups in total. The summed E-state index contributed by atoms with van der Waals surface area (Å²) in [5, 5.41) is 15.8. The first-order chi connectivity index (χ1) is 16.8. The van der Waals surface area contributed by atoms with Crippen LogP contribution >= 0.6 is 11.6 Å². The zero-order chi connectivity index (χ0) is 25.1. The summed E-state index contributed by atoms with van der Waals surface area (Å²) in [5.41, 5.74) is 3.47. The second kappa shape index (κ2) is 10.2. The van der Waals surface area contributed by atoms with Crippen molar-refractivity contribution in [1.82, 2.24) is 14.7 Å². The topological polar surface area (TPSA) is 100 Å². The number of fused-ring (bicyclic) bond motifs is 1. The van der Waals surface area contributed by atoms with Gasteiger partial charge in [-0.15, -0.1) is 0 Å². The molecule has 0 aliphatic carbocycles. The van der Waals surface area contributed by atoms with Crippen LogP contribution in [0.15, 0.2) is 42.7 Å². The normalized spacial score (nSPS) is 14.5. The van der Waals surface area contributed by atoms with E-state index in [0.717, 1.165) is 11.1 Å². The lowest BCUT2D eigenvalue weighted by Gasteiger charge is -2.27. The molecule has 180 valence electrons. The van der Waals surface area contributed by atoms with E-state index in [0.29, 0.717) is 42.7 Å². The molecule has 0 fully saturated rings. The molecule has 1 aromatic heterocycles. The second-order valence-electron chi connectivity index (χ2n) is 8.40. The van der Waals surface area contributed by atoms with Crippen LogP contribution in [-0.2, 0) is 11.3 Å². The number of nitrogens with one attached hydrogen (secondary N) is 1. The lowest BCUT2D eigenvalue weighted by Crippen LogP contribution is -2.29. The number of nitriles is 1. The third kappa shape index (κ3) is 5.28. The minimum absolute atomic E-state index is 0.0472. The molecule has 0 radical (unpaired) electrons. The summed E-state index contributed by atoms with van der Waals surface area (Å²) in [4.78, 5) is 26.2. The average Bonchev–Trinajstić information content (AvgIpc) is 3.29. The van der Waals surface area contributed by atoms with Crippen LogP contribution in [0.2, 0.25) is 5.02 Å². The van der Waals surface area contributed by atoms with E-state index in [1.165, 1.54) is 12.3 Å². The maximum atomic E-state index is 14.6. The van der Waals surface area contributed by atoms with Crippen LogP contribution in [-0.4, -0.2) is 40.3 Å². The van der Waals surface area contributed by atoms with Crippen LogP contribution in [0.4, 0.5) is 14.9 Å². The van der Waals surface area contributed by atoms with Crippen LogP contribution in [0.25, 0.3) is 0 Å². The molecular weight excluding hydrogens is 473 g/mol. The summed E-state index contributed by atoms with van der Waals surface area (Å²) in [7, 11) is 1.67. The fourth-order valence-electron chi connectivity index (χ4n) is 4.05. The number of carbonyl (C=O) groups excluding carboxylic acids is 2. The van der Waals surface area contributed by atoms with E-state index in [2.05, 4.69) is 16.5 Å². The maximum Gasteiger partial charge on any atom is 0.412 e. The van der Waals surface area contributed by atoms with Gasteiger partial charge in [-0.1, -0.05) is 23.7 Å². The van der Waals surface area contributed by atoms with Gasteiger partial charge in [0, 0.05) is 19.8 Å². The van der Waals surface area contributed by atoms with Crippen LogP contribution in [0.3, 0.4) is 0 Å². The summed E-state index contributed by atoms with van der Waals surface area (Å²) in [6, 6.07) is 10.6. The van der Waals surface area contributed by atoms with Crippen molar-refractivity contribution in [2.75, 3.05) is 18.9 Å². The standard InChI is InChI=1S/C25H23ClFN5O3/c1-15-10-16(5-6-17(15)11-28)13-32-14-18(12-29-32)24(33)31(2)9-3-4-21-22-20(30-25(34)35-21)8-7-19(26)23(22)27/h5-8,10,12,14,21H,3-4,9,13H2,1-2H3,(H,30,34). The van der Waals surface area contributed by atoms with Crippen LogP contribution in [0, 0.1) is 24.1 Å². The first-order valence-corrected chi connectivity index (χ1v) is 11.4. The molecular formula is C25H23ClFN5O3. The number of carbonyl (C=O) groups is 2. The van der Waals surface area contributed by atoms with E-state index in [1.807, 2.05) is 19.1 Å². The molecule has 10 heteroatoms. The third-order valence-electron chi connectivity index (χ3n) is 5.88. The molecule has 4 rings (SSSR count). The Morgan fingerprint density at radius 1 is 1.37 bits per heavy atom. The van der Waals surface area contributed by atoms with Gasteiger partial charge in [0.2, 0.25) is 0 Å². The van der Waals surface area contributed by atoms with Crippen molar-refractivity contribution < 1.29 is 18.7 Å². The lowest BCUT2D eigenvalue weighted by atomic mass is 10.0. The molecule has 3 aromatic rings. The third-order valence-corrected chi connectivity index (χ3v) is 6.18. The molecule has 0 bridgehead atoms. The number of amides is 2. The highest BCUT2D eigenvalue weighted by atomic mass is 35.5. The molecule has 2 aromatic carbocycles. The number of benzene rings is 2. The highest BCUT2D eigenvalue weighted by molar-refractivity contribution is 6.31. The van der Waals surface area contributed by atoms with Gasteiger partial charge in [0.15, 0.2) is 5.82 Å². The largest absolute Gasteiger partial charge is 0.441 e. The number of nitrogens with zero attached hydrogens (tertiary/aromatic N) is 4. The summed E-state index contributed by atoms with van der Waals surface area (Å²) in [6.07, 6.45) is 2.54. The Kier molecular flexibility index (Phi) is 7.03. The number of hydrogen-bond donors (Lipinski definition) is 1. The van der Waals surface area contributed by atoms with Gasteiger partial charge >= 0.3 is 6.09 Å². The van der Waals surface area contributed by atoms with Crippen molar-refractivity contribution in [2.45, 2.75) is 32.4 Å². The SMILES string of the molecule is Cc1cc(Cn2cc(C(=O)N(C)CCCC3OC(=O)Nc4ccc(Cl)c(F)c43)cn2)ccc1C#N. The Bertz CT molecular complexity index is 1330. The molecule has 2 amide bonds. The summed E-state index contributed by atoms with van der Waals surface area (Å²) in [5.74, 6) is -0.826. The molecule has 35 heavy (non-hydrogen) atoms. The summed E-state index contributed by atoms with van der Waals surface area (Å²) >= 11 is 5.90. The van der Waals surface area contributed by atoms with Crippen molar-refractivity contribution in [2.24, 2.45) is 0 Å². The molecule has 1 aliphatic rings. The number of anilines is 1. The average molecular weight is 496 g/mol. The predicted octanol–water partition coefficient (Wildman–Crippen LogP) is 5.06. The Morgan fingerprint density at radius 2 is 2.17 bits per heavy atom. The molecule has 1 unspecified atom stereocenters. The van der Waals surface area contributed by atoms with Gasteiger partial charge in [-0.25, -0.2) is 9.18 Å². The maximum absolute atomic E-state index is 14.6. The van der Waals surface area contributed by atoms with E-state index < -0.39 is 18.0 Å². The van der Waals surface area contributed by atoms with Crippen molar-refractivity contribution in [3.8, 4) is 6.07 Å². The van der Waals surface area contributed by atoms with Gasteiger partial charge < -0.3 is 9.64 Å². The quantitative estimate of drug-likeness (QED) is 0.493. The highest BCUT2D eigenvalue weighted by Crippen LogP contribution is 2.38. The number of halogens is 2. The fraction of sp³-hybridized carbons (Fsp3) is 0.280. The number of ether oxygens (including phenoxy) is 1. The summed E-state index contributed by atoms with van der Waals surface area (Å²) < 4.78 is 21.5. The minimum atomic E-state index is -0.792.